The predicted molar refractivity (Wildman–Crippen MR) is 97.3 cm³/mol. The number of anilines is 1. The Labute approximate surface area is 147 Å². The molecule has 0 radical (unpaired) electrons. The average molecular weight is 384 g/mol. The fourth-order valence-electron chi connectivity index (χ4n) is 3.13. The monoisotopic (exact) mass is 383 g/mol. The first-order valence-corrected chi connectivity index (χ1v) is 8.74. The van der Waals surface area contributed by atoms with Gasteiger partial charge in [0.15, 0.2) is 0 Å². The highest BCUT2D eigenvalue weighted by molar-refractivity contribution is 9.10. The van der Waals surface area contributed by atoms with Gasteiger partial charge in [-0.1, -0.05) is 15.9 Å². The van der Waals surface area contributed by atoms with E-state index in [2.05, 4.69) is 33.2 Å². The second kappa shape index (κ2) is 8.02. The molecule has 0 saturated carbocycles. The van der Waals surface area contributed by atoms with E-state index in [9.17, 15) is 4.79 Å². The van der Waals surface area contributed by atoms with Gasteiger partial charge in [-0.25, -0.2) is 4.79 Å². The highest BCUT2D eigenvalue weighted by atomic mass is 79.9. The van der Waals surface area contributed by atoms with E-state index in [0.717, 1.165) is 35.4 Å². The molecule has 1 aliphatic heterocycles. The average Bonchev–Trinajstić information content (AvgIpc) is 2.49. The molecule has 1 heterocycles. The van der Waals surface area contributed by atoms with Gasteiger partial charge >= 0.3 is 6.03 Å². The van der Waals surface area contributed by atoms with Crippen molar-refractivity contribution in [2.45, 2.75) is 19.8 Å². The molecule has 1 aromatic rings. The second-order valence-electron chi connectivity index (χ2n) is 6.38. The zero-order valence-electron chi connectivity index (χ0n) is 14.4. The SMILES string of the molecule is COc1cc(Br)cc(C)c1NC(=O)N(C)CC1CCCN(C)C1. The number of halogens is 1. The number of ether oxygens (including phenoxy) is 1. The Hall–Kier alpha value is -1.27. The summed E-state index contributed by atoms with van der Waals surface area (Å²) in [6.45, 7) is 4.94. The number of nitrogens with one attached hydrogen (secondary N) is 1. The number of carbonyl (C=O) groups is 1. The molecule has 1 saturated heterocycles. The lowest BCUT2D eigenvalue weighted by molar-refractivity contribution is 0.170. The summed E-state index contributed by atoms with van der Waals surface area (Å²) in [5.74, 6) is 1.20. The fraction of sp³-hybridized carbons (Fsp3) is 0.588. The molecule has 23 heavy (non-hydrogen) atoms. The standard InChI is InChI=1S/C17H26BrN3O2/c1-12-8-14(18)9-15(23-4)16(12)19-17(22)21(3)11-13-6-5-7-20(2)10-13/h8-9,13H,5-7,10-11H2,1-4H3,(H,19,22). The summed E-state index contributed by atoms with van der Waals surface area (Å²) in [6.07, 6.45) is 2.39. The van der Waals surface area contributed by atoms with Gasteiger partial charge in [-0.3, -0.25) is 0 Å². The van der Waals surface area contributed by atoms with Crippen LogP contribution in [0.3, 0.4) is 0 Å². The summed E-state index contributed by atoms with van der Waals surface area (Å²) in [5.41, 5.74) is 1.70. The van der Waals surface area contributed by atoms with E-state index >= 15 is 0 Å². The largest absolute Gasteiger partial charge is 0.495 e. The first-order chi connectivity index (χ1) is 10.9. The molecule has 0 aliphatic carbocycles. The molecule has 1 aliphatic rings. The van der Waals surface area contributed by atoms with Crippen LogP contribution in [0.25, 0.3) is 0 Å². The number of rotatable bonds is 4. The molecule has 0 aromatic heterocycles. The molecule has 1 atom stereocenters. The third-order valence-electron chi connectivity index (χ3n) is 4.32. The number of likely N-dealkylation sites (tertiary alicyclic amines) is 1. The van der Waals surface area contributed by atoms with Crippen LogP contribution in [0.4, 0.5) is 10.5 Å². The van der Waals surface area contributed by atoms with E-state index in [1.54, 1.807) is 12.0 Å². The van der Waals surface area contributed by atoms with Crippen molar-refractivity contribution in [1.82, 2.24) is 9.80 Å². The van der Waals surface area contributed by atoms with Crippen LogP contribution in [0.5, 0.6) is 5.75 Å². The number of carbonyl (C=O) groups excluding carboxylic acids is 1. The minimum absolute atomic E-state index is 0.0954. The van der Waals surface area contributed by atoms with Crippen molar-refractivity contribution >= 4 is 27.6 Å². The Morgan fingerprint density at radius 2 is 2.26 bits per heavy atom. The molecule has 1 unspecified atom stereocenters. The van der Waals surface area contributed by atoms with Crippen molar-refractivity contribution in [1.29, 1.82) is 0 Å². The fourth-order valence-corrected chi connectivity index (χ4v) is 3.68. The Balaban J connectivity index is 2.01. The van der Waals surface area contributed by atoms with Crippen LogP contribution in [-0.2, 0) is 0 Å². The maximum absolute atomic E-state index is 12.5. The summed E-state index contributed by atoms with van der Waals surface area (Å²) >= 11 is 3.45. The van der Waals surface area contributed by atoms with E-state index in [1.165, 1.54) is 12.8 Å². The maximum atomic E-state index is 12.5. The number of hydrogen-bond donors (Lipinski definition) is 1. The molecule has 128 valence electrons. The number of urea groups is 1. The minimum atomic E-state index is -0.0954. The lowest BCUT2D eigenvalue weighted by Crippen LogP contribution is -2.41. The molecule has 2 amide bonds. The van der Waals surface area contributed by atoms with Crippen LogP contribution in [0.2, 0.25) is 0 Å². The zero-order valence-corrected chi connectivity index (χ0v) is 15.9. The number of amides is 2. The molecular weight excluding hydrogens is 358 g/mol. The van der Waals surface area contributed by atoms with E-state index < -0.39 is 0 Å². The van der Waals surface area contributed by atoms with Crippen molar-refractivity contribution in [3.05, 3.63) is 22.2 Å². The van der Waals surface area contributed by atoms with Gasteiger partial charge in [-0.05, 0) is 57.0 Å². The second-order valence-corrected chi connectivity index (χ2v) is 7.30. The number of nitrogens with zero attached hydrogens (tertiary/aromatic N) is 2. The molecule has 2 rings (SSSR count). The van der Waals surface area contributed by atoms with Gasteiger partial charge in [0, 0.05) is 24.6 Å². The summed E-state index contributed by atoms with van der Waals surface area (Å²) in [7, 11) is 5.60. The Kier molecular flexibility index (Phi) is 6.30. The van der Waals surface area contributed by atoms with Crippen LogP contribution in [-0.4, -0.2) is 56.7 Å². The van der Waals surface area contributed by atoms with E-state index in [1.807, 2.05) is 26.1 Å². The number of methoxy groups -OCH3 is 1. The van der Waals surface area contributed by atoms with Crippen LogP contribution in [0.15, 0.2) is 16.6 Å². The molecule has 1 fully saturated rings. The predicted octanol–water partition coefficient (Wildman–Crippen LogP) is 3.57. The molecular formula is C17H26BrN3O2. The van der Waals surface area contributed by atoms with Gasteiger partial charge in [0.25, 0.3) is 0 Å². The molecule has 1 N–H and O–H groups in total. The quantitative estimate of drug-likeness (QED) is 0.863. The summed E-state index contributed by atoms with van der Waals surface area (Å²) in [5, 5.41) is 2.99. The van der Waals surface area contributed by atoms with Gasteiger partial charge in [-0.2, -0.15) is 0 Å². The summed E-state index contributed by atoms with van der Waals surface area (Å²) in [6, 6.07) is 3.73. The Bertz CT molecular complexity index is 565. The molecule has 6 heteroatoms. The van der Waals surface area contributed by atoms with Gasteiger partial charge in [0.2, 0.25) is 0 Å². The lowest BCUT2D eigenvalue weighted by Gasteiger charge is -2.32. The van der Waals surface area contributed by atoms with Crippen LogP contribution in [0, 0.1) is 12.8 Å². The zero-order chi connectivity index (χ0) is 17.0. The first-order valence-electron chi connectivity index (χ1n) is 7.95. The van der Waals surface area contributed by atoms with Crippen molar-refractivity contribution in [3.63, 3.8) is 0 Å². The highest BCUT2D eigenvalue weighted by Gasteiger charge is 2.21. The van der Waals surface area contributed by atoms with Crippen molar-refractivity contribution in [2.75, 3.05) is 46.2 Å². The number of piperidine rings is 1. The van der Waals surface area contributed by atoms with E-state index in [4.69, 9.17) is 4.74 Å². The van der Waals surface area contributed by atoms with Gasteiger partial charge < -0.3 is 19.9 Å². The van der Waals surface area contributed by atoms with Crippen molar-refractivity contribution in [2.24, 2.45) is 5.92 Å². The highest BCUT2D eigenvalue weighted by Crippen LogP contribution is 2.32. The number of aryl methyl sites for hydroxylation is 1. The summed E-state index contributed by atoms with van der Waals surface area (Å²) < 4.78 is 6.32. The van der Waals surface area contributed by atoms with Crippen LogP contribution in [0.1, 0.15) is 18.4 Å². The topological polar surface area (TPSA) is 44.8 Å². The normalized spacial score (nSPS) is 18.6. The van der Waals surface area contributed by atoms with Crippen LogP contribution < -0.4 is 10.1 Å². The molecule has 5 nitrogen and oxygen atoms in total. The van der Waals surface area contributed by atoms with E-state index in [-0.39, 0.29) is 6.03 Å². The number of hydrogen-bond acceptors (Lipinski definition) is 3. The third kappa shape index (κ3) is 4.85. The smallest absolute Gasteiger partial charge is 0.321 e. The lowest BCUT2D eigenvalue weighted by atomic mass is 9.98. The third-order valence-corrected chi connectivity index (χ3v) is 4.77. The molecule has 0 bridgehead atoms. The van der Waals surface area contributed by atoms with Crippen molar-refractivity contribution in [3.8, 4) is 5.75 Å². The van der Waals surface area contributed by atoms with E-state index in [0.29, 0.717) is 11.7 Å². The maximum Gasteiger partial charge on any atom is 0.321 e. The Morgan fingerprint density at radius 3 is 2.91 bits per heavy atom. The van der Waals surface area contributed by atoms with Gasteiger partial charge in [-0.15, -0.1) is 0 Å². The van der Waals surface area contributed by atoms with Gasteiger partial charge in [0.1, 0.15) is 5.75 Å². The first kappa shape index (κ1) is 18.1. The van der Waals surface area contributed by atoms with Crippen molar-refractivity contribution < 1.29 is 9.53 Å². The molecule has 1 aromatic carbocycles. The minimum Gasteiger partial charge on any atom is -0.495 e. The van der Waals surface area contributed by atoms with Crippen LogP contribution >= 0.6 is 15.9 Å². The van der Waals surface area contributed by atoms with Gasteiger partial charge in [0.05, 0.1) is 12.8 Å². The number of benzene rings is 1. The Morgan fingerprint density at radius 1 is 1.52 bits per heavy atom. The molecule has 0 spiro atoms. The summed E-state index contributed by atoms with van der Waals surface area (Å²) in [4.78, 5) is 16.6.